The Bertz CT molecular complexity index is 840. The fraction of sp³-hybridized carbons (Fsp3) is 0.235. The molecule has 0 aliphatic carbocycles. The van der Waals surface area contributed by atoms with Gasteiger partial charge in [0.15, 0.2) is 5.65 Å². The van der Waals surface area contributed by atoms with E-state index in [2.05, 4.69) is 32.3 Å². The van der Waals surface area contributed by atoms with Gasteiger partial charge in [-0.25, -0.2) is 0 Å². The van der Waals surface area contributed by atoms with E-state index in [0.29, 0.717) is 19.0 Å². The van der Waals surface area contributed by atoms with E-state index in [1.165, 1.54) is 0 Å². The molecule has 2 heterocycles. The lowest BCUT2D eigenvalue weighted by Gasteiger charge is -2.10. The van der Waals surface area contributed by atoms with Crippen LogP contribution < -0.4 is 15.4 Å². The normalized spacial score (nSPS) is 10.6. The van der Waals surface area contributed by atoms with E-state index in [9.17, 15) is 0 Å². The van der Waals surface area contributed by atoms with Gasteiger partial charge in [0.05, 0.1) is 18.7 Å². The van der Waals surface area contributed by atoms with Crippen LogP contribution in [0.5, 0.6) is 5.75 Å². The molecule has 7 heteroatoms. The topological polar surface area (TPSA) is 76.9 Å². The molecule has 124 valence electrons. The molecule has 0 bridgehead atoms. The summed E-state index contributed by atoms with van der Waals surface area (Å²) in [5.74, 6) is 2.13. The van der Waals surface area contributed by atoms with Gasteiger partial charge in [-0.15, -0.1) is 6.58 Å². The first kappa shape index (κ1) is 15.8. The number of anilines is 2. The van der Waals surface area contributed by atoms with E-state index in [-0.39, 0.29) is 0 Å². The minimum atomic E-state index is 0.545. The van der Waals surface area contributed by atoms with Gasteiger partial charge in [0, 0.05) is 20.1 Å². The molecule has 0 unspecified atom stereocenters. The number of aryl methyl sites for hydroxylation is 1. The second-order valence-corrected chi connectivity index (χ2v) is 5.27. The maximum absolute atomic E-state index is 5.18. The van der Waals surface area contributed by atoms with Crippen molar-refractivity contribution in [1.82, 2.24) is 19.7 Å². The minimum absolute atomic E-state index is 0.545. The average Bonchev–Trinajstić information content (AvgIpc) is 2.99. The van der Waals surface area contributed by atoms with Gasteiger partial charge >= 0.3 is 0 Å². The van der Waals surface area contributed by atoms with Crippen LogP contribution in [0.15, 0.2) is 43.1 Å². The Labute approximate surface area is 140 Å². The number of hydrogen-bond donors (Lipinski definition) is 2. The van der Waals surface area contributed by atoms with Crippen LogP contribution in [0.4, 0.5) is 11.8 Å². The first-order chi connectivity index (χ1) is 11.7. The molecule has 24 heavy (non-hydrogen) atoms. The van der Waals surface area contributed by atoms with Crippen molar-refractivity contribution in [1.29, 1.82) is 0 Å². The van der Waals surface area contributed by atoms with Crippen molar-refractivity contribution in [2.75, 3.05) is 24.3 Å². The molecule has 0 aliphatic heterocycles. The molecule has 0 radical (unpaired) electrons. The Morgan fingerprint density at radius 1 is 1.21 bits per heavy atom. The summed E-state index contributed by atoms with van der Waals surface area (Å²) in [6.45, 7) is 4.94. The summed E-state index contributed by atoms with van der Waals surface area (Å²) in [4.78, 5) is 9.03. The van der Waals surface area contributed by atoms with Crippen molar-refractivity contribution in [2.45, 2.75) is 6.54 Å². The number of rotatable bonds is 7. The third-order valence-electron chi connectivity index (χ3n) is 3.62. The highest BCUT2D eigenvalue weighted by atomic mass is 16.5. The van der Waals surface area contributed by atoms with Crippen molar-refractivity contribution in [3.63, 3.8) is 0 Å². The average molecular weight is 324 g/mol. The summed E-state index contributed by atoms with van der Waals surface area (Å²) in [6.07, 6.45) is 3.53. The van der Waals surface area contributed by atoms with Gasteiger partial charge in [0.25, 0.3) is 0 Å². The fourth-order valence-corrected chi connectivity index (χ4v) is 2.33. The molecular formula is C17H20N6O. The highest BCUT2D eigenvalue weighted by Crippen LogP contribution is 2.22. The number of aromatic nitrogens is 4. The van der Waals surface area contributed by atoms with Crippen LogP contribution in [-0.2, 0) is 13.6 Å². The molecule has 3 aromatic rings. The zero-order valence-electron chi connectivity index (χ0n) is 13.8. The van der Waals surface area contributed by atoms with Gasteiger partial charge < -0.3 is 15.4 Å². The summed E-state index contributed by atoms with van der Waals surface area (Å²) < 4.78 is 6.91. The SMILES string of the molecule is C=CCNc1nc(NCc2ccc(OC)cc2)c2cnn(C)c2n1. The number of methoxy groups -OCH3 is 1. The quantitative estimate of drug-likeness (QED) is 0.651. The standard InChI is InChI=1S/C17H20N6O/c1-4-9-18-17-21-15(14-11-20-23(2)16(14)22-17)19-10-12-5-7-13(24-3)8-6-12/h4-8,11H,1,9-10H2,2-3H3,(H2,18,19,21,22). The second kappa shape index (κ2) is 6.99. The van der Waals surface area contributed by atoms with Gasteiger partial charge in [-0.2, -0.15) is 15.1 Å². The van der Waals surface area contributed by atoms with Crippen LogP contribution in [-0.4, -0.2) is 33.4 Å². The molecule has 0 fully saturated rings. The lowest BCUT2D eigenvalue weighted by Crippen LogP contribution is -2.08. The number of nitrogens with one attached hydrogen (secondary N) is 2. The molecule has 0 aliphatic rings. The smallest absolute Gasteiger partial charge is 0.226 e. The molecule has 2 N–H and O–H groups in total. The number of hydrogen-bond acceptors (Lipinski definition) is 6. The van der Waals surface area contributed by atoms with Crippen LogP contribution in [0.1, 0.15) is 5.56 Å². The lowest BCUT2D eigenvalue weighted by atomic mass is 10.2. The first-order valence-electron chi connectivity index (χ1n) is 7.62. The minimum Gasteiger partial charge on any atom is -0.497 e. The van der Waals surface area contributed by atoms with E-state index >= 15 is 0 Å². The summed E-state index contributed by atoms with van der Waals surface area (Å²) in [7, 11) is 3.52. The summed E-state index contributed by atoms with van der Waals surface area (Å²) >= 11 is 0. The highest BCUT2D eigenvalue weighted by Gasteiger charge is 2.11. The van der Waals surface area contributed by atoms with Gasteiger partial charge in [0.1, 0.15) is 11.6 Å². The van der Waals surface area contributed by atoms with Crippen LogP contribution in [0.25, 0.3) is 11.0 Å². The van der Waals surface area contributed by atoms with Crippen molar-refractivity contribution >= 4 is 22.8 Å². The predicted octanol–water partition coefficient (Wildman–Crippen LogP) is 2.58. The predicted molar refractivity (Wildman–Crippen MR) is 95.3 cm³/mol. The van der Waals surface area contributed by atoms with Crippen molar-refractivity contribution in [2.24, 2.45) is 7.05 Å². The van der Waals surface area contributed by atoms with Crippen LogP contribution in [0, 0.1) is 0 Å². The fourth-order valence-electron chi connectivity index (χ4n) is 2.33. The molecule has 0 spiro atoms. The molecule has 2 aromatic heterocycles. The van der Waals surface area contributed by atoms with Crippen molar-refractivity contribution < 1.29 is 4.74 Å². The number of nitrogens with zero attached hydrogens (tertiary/aromatic N) is 4. The van der Waals surface area contributed by atoms with Gasteiger partial charge in [-0.3, -0.25) is 4.68 Å². The van der Waals surface area contributed by atoms with Gasteiger partial charge in [0.2, 0.25) is 5.95 Å². The Kier molecular flexibility index (Phi) is 4.60. The van der Waals surface area contributed by atoms with Crippen molar-refractivity contribution in [3.05, 3.63) is 48.7 Å². The monoisotopic (exact) mass is 324 g/mol. The van der Waals surface area contributed by atoms with E-state index in [1.54, 1.807) is 24.1 Å². The van der Waals surface area contributed by atoms with Crippen LogP contribution >= 0.6 is 0 Å². The molecular weight excluding hydrogens is 304 g/mol. The third-order valence-corrected chi connectivity index (χ3v) is 3.62. The molecule has 0 amide bonds. The molecule has 7 nitrogen and oxygen atoms in total. The maximum atomic E-state index is 5.18. The molecule has 0 saturated heterocycles. The van der Waals surface area contributed by atoms with Crippen molar-refractivity contribution in [3.8, 4) is 5.75 Å². The number of benzene rings is 1. The third kappa shape index (κ3) is 3.29. The molecule has 1 aromatic carbocycles. The van der Waals surface area contributed by atoms with E-state index in [1.807, 2.05) is 31.3 Å². The van der Waals surface area contributed by atoms with Crippen LogP contribution in [0.2, 0.25) is 0 Å². The van der Waals surface area contributed by atoms with E-state index < -0.39 is 0 Å². The Balaban J connectivity index is 1.84. The first-order valence-corrected chi connectivity index (χ1v) is 7.62. The van der Waals surface area contributed by atoms with Crippen LogP contribution in [0.3, 0.4) is 0 Å². The summed E-state index contributed by atoms with van der Waals surface area (Å²) in [5.41, 5.74) is 1.90. The Morgan fingerprint density at radius 2 is 2.00 bits per heavy atom. The second-order valence-electron chi connectivity index (χ2n) is 5.27. The largest absolute Gasteiger partial charge is 0.497 e. The zero-order chi connectivity index (χ0) is 16.9. The Morgan fingerprint density at radius 3 is 2.71 bits per heavy atom. The number of ether oxygens (including phenoxy) is 1. The van der Waals surface area contributed by atoms with Gasteiger partial charge in [-0.05, 0) is 17.7 Å². The summed E-state index contributed by atoms with van der Waals surface area (Å²) in [6, 6.07) is 7.91. The highest BCUT2D eigenvalue weighted by molar-refractivity contribution is 5.87. The molecule has 0 saturated carbocycles. The van der Waals surface area contributed by atoms with E-state index in [4.69, 9.17) is 4.74 Å². The molecule has 3 rings (SSSR count). The molecule has 0 atom stereocenters. The number of fused-ring (bicyclic) bond motifs is 1. The zero-order valence-corrected chi connectivity index (χ0v) is 13.8. The lowest BCUT2D eigenvalue weighted by molar-refractivity contribution is 0.414. The Hall–Kier alpha value is -3.09. The maximum Gasteiger partial charge on any atom is 0.226 e. The van der Waals surface area contributed by atoms with Gasteiger partial charge in [-0.1, -0.05) is 18.2 Å². The van der Waals surface area contributed by atoms with E-state index in [0.717, 1.165) is 28.2 Å². The summed E-state index contributed by atoms with van der Waals surface area (Å²) in [5, 5.41) is 11.6.